The molecule has 3 rings (SSSR count). The highest BCUT2D eigenvalue weighted by Crippen LogP contribution is 2.28. The van der Waals surface area contributed by atoms with E-state index in [0.717, 1.165) is 22.6 Å². The van der Waals surface area contributed by atoms with Crippen molar-refractivity contribution >= 4 is 11.7 Å². The Labute approximate surface area is 122 Å². The minimum Gasteiger partial charge on any atom is -0.495 e. The number of hydrogen-bond acceptors (Lipinski definition) is 5. The number of aryl methyl sites for hydroxylation is 1. The molecule has 0 unspecified atom stereocenters. The fourth-order valence-corrected chi connectivity index (χ4v) is 2.01. The topological polar surface area (TPSA) is 60.2 Å². The molecule has 5 heteroatoms. The first-order valence-corrected chi connectivity index (χ1v) is 6.57. The van der Waals surface area contributed by atoms with E-state index in [1.165, 1.54) is 0 Å². The van der Waals surface area contributed by atoms with E-state index in [1.807, 2.05) is 55.5 Å². The Bertz CT molecular complexity index is 738. The molecule has 0 amide bonds. The molecule has 5 nitrogen and oxygen atoms in total. The first kappa shape index (κ1) is 13.2. The van der Waals surface area contributed by atoms with Gasteiger partial charge in [0, 0.05) is 5.56 Å². The van der Waals surface area contributed by atoms with E-state index in [1.54, 1.807) is 7.11 Å². The van der Waals surface area contributed by atoms with Crippen molar-refractivity contribution in [3.05, 3.63) is 54.1 Å². The van der Waals surface area contributed by atoms with Crippen LogP contribution in [0.5, 0.6) is 5.75 Å². The number of nitrogens with zero attached hydrogens (tertiary/aromatic N) is 2. The summed E-state index contributed by atoms with van der Waals surface area (Å²) in [4.78, 5) is 4.34. The van der Waals surface area contributed by atoms with Gasteiger partial charge in [0.15, 0.2) is 0 Å². The Balaban J connectivity index is 1.87. The summed E-state index contributed by atoms with van der Waals surface area (Å²) in [6, 6.07) is 15.8. The molecule has 0 saturated heterocycles. The maximum atomic E-state index is 5.31. The van der Waals surface area contributed by atoms with Crippen LogP contribution in [0.4, 0.5) is 11.7 Å². The normalized spacial score (nSPS) is 10.4. The van der Waals surface area contributed by atoms with E-state index < -0.39 is 0 Å². The zero-order chi connectivity index (χ0) is 14.7. The number of nitrogens with one attached hydrogen (secondary N) is 1. The number of anilines is 2. The summed E-state index contributed by atoms with van der Waals surface area (Å²) in [5, 5.41) is 7.06. The molecule has 0 aliphatic rings. The van der Waals surface area contributed by atoms with Crippen molar-refractivity contribution in [1.29, 1.82) is 0 Å². The van der Waals surface area contributed by atoms with E-state index in [0.29, 0.717) is 11.8 Å². The molecule has 1 heterocycles. The minimum atomic E-state index is 0.331. The van der Waals surface area contributed by atoms with E-state index in [9.17, 15) is 0 Å². The van der Waals surface area contributed by atoms with Gasteiger partial charge in [0.1, 0.15) is 5.75 Å². The van der Waals surface area contributed by atoms with Crippen LogP contribution in [0.2, 0.25) is 0 Å². The van der Waals surface area contributed by atoms with Crippen LogP contribution < -0.4 is 10.1 Å². The van der Waals surface area contributed by atoms with Crippen LogP contribution in [0.3, 0.4) is 0 Å². The average molecular weight is 281 g/mol. The zero-order valence-electron chi connectivity index (χ0n) is 11.8. The minimum absolute atomic E-state index is 0.331. The highest BCUT2D eigenvalue weighted by Gasteiger charge is 2.10. The lowest BCUT2D eigenvalue weighted by Gasteiger charge is -2.08. The molecule has 106 valence electrons. The first-order chi connectivity index (χ1) is 10.3. The molecule has 1 aromatic heterocycles. The quantitative estimate of drug-likeness (QED) is 0.788. The standard InChI is InChI=1S/C16H15N3O2/c1-11-8-9-14(20-2)13(10-11)17-16-18-15(19-21-16)12-6-4-3-5-7-12/h3-10H,1-2H3,(H,17,18,19). The van der Waals surface area contributed by atoms with Crippen molar-refractivity contribution in [1.82, 2.24) is 10.1 Å². The summed E-state index contributed by atoms with van der Waals surface area (Å²) >= 11 is 0. The van der Waals surface area contributed by atoms with Gasteiger partial charge in [0.2, 0.25) is 5.82 Å². The van der Waals surface area contributed by atoms with Gasteiger partial charge in [-0.05, 0) is 24.6 Å². The predicted molar refractivity (Wildman–Crippen MR) is 80.7 cm³/mol. The second-order valence-electron chi connectivity index (χ2n) is 4.62. The molecular weight excluding hydrogens is 266 g/mol. The lowest BCUT2D eigenvalue weighted by Crippen LogP contribution is -1.95. The Morgan fingerprint density at radius 2 is 1.90 bits per heavy atom. The van der Waals surface area contributed by atoms with Gasteiger partial charge in [0.25, 0.3) is 0 Å². The maximum absolute atomic E-state index is 5.31. The van der Waals surface area contributed by atoms with Gasteiger partial charge in [-0.1, -0.05) is 41.6 Å². The molecular formula is C16H15N3O2. The van der Waals surface area contributed by atoms with Crippen LogP contribution in [0.1, 0.15) is 5.56 Å². The number of rotatable bonds is 4. The van der Waals surface area contributed by atoms with Crippen LogP contribution in [0, 0.1) is 6.92 Å². The third-order valence-electron chi connectivity index (χ3n) is 3.05. The zero-order valence-corrected chi connectivity index (χ0v) is 11.8. The Morgan fingerprint density at radius 1 is 1.10 bits per heavy atom. The average Bonchev–Trinajstić information content (AvgIpc) is 2.97. The van der Waals surface area contributed by atoms with Crippen molar-refractivity contribution in [3.8, 4) is 17.1 Å². The molecule has 21 heavy (non-hydrogen) atoms. The molecule has 0 aliphatic carbocycles. The van der Waals surface area contributed by atoms with Crippen molar-refractivity contribution < 1.29 is 9.26 Å². The molecule has 0 spiro atoms. The summed E-state index contributed by atoms with van der Waals surface area (Å²) in [6.45, 7) is 2.01. The molecule has 2 aromatic carbocycles. The summed E-state index contributed by atoms with van der Waals surface area (Å²) in [5.41, 5.74) is 2.81. The van der Waals surface area contributed by atoms with Gasteiger partial charge in [-0.3, -0.25) is 0 Å². The number of methoxy groups -OCH3 is 1. The van der Waals surface area contributed by atoms with E-state index in [-0.39, 0.29) is 0 Å². The molecule has 1 N–H and O–H groups in total. The van der Waals surface area contributed by atoms with Crippen molar-refractivity contribution in [2.24, 2.45) is 0 Å². The molecule has 0 bridgehead atoms. The van der Waals surface area contributed by atoms with E-state index in [2.05, 4.69) is 15.5 Å². The monoisotopic (exact) mass is 281 g/mol. The van der Waals surface area contributed by atoms with Crippen LogP contribution in [0.25, 0.3) is 11.4 Å². The third-order valence-corrected chi connectivity index (χ3v) is 3.05. The number of hydrogen-bond donors (Lipinski definition) is 1. The number of aromatic nitrogens is 2. The Kier molecular flexibility index (Phi) is 3.55. The fraction of sp³-hybridized carbons (Fsp3) is 0.125. The van der Waals surface area contributed by atoms with Crippen LogP contribution in [-0.4, -0.2) is 17.3 Å². The maximum Gasteiger partial charge on any atom is 0.326 e. The Morgan fingerprint density at radius 3 is 2.67 bits per heavy atom. The summed E-state index contributed by atoms with van der Waals surface area (Å²) in [7, 11) is 1.62. The SMILES string of the molecule is COc1ccc(C)cc1Nc1nc(-c2ccccc2)no1. The van der Waals surface area contributed by atoms with Gasteiger partial charge in [-0.25, -0.2) is 0 Å². The van der Waals surface area contributed by atoms with Gasteiger partial charge in [-0.15, -0.1) is 0 Å². The van der Waals surface area contributed by atoms with Gasteiger partial charge >= 0.3 is 6.01 Å². The smallest absolute Gasteiger partial charge is 0.326 e. The molecule has 0 fully saturated rings. The largest absolute Gasteiger partial charge is 0.495 e. The molecule has 0 atom stereocenters. The van der Waals surface area contributed by atoms with E-state index >= 15 is 0 Å². The molecule has 0 radical (unpaired) electrons. The lowest BCUT2D eigenvalue weighted by molar-refractivity contribution is 0.414. The summed E-state index contributed by atoms with van der Waals surface area (Å²) in [6.07, 6.45) is 0. The predicted octanol–water partition coefficient (Wildman–Crippen LogP) is 3.80. The summed E-state index contributed by atoms with van der Waals surface area (Å²) < 4.78 is 10.5. The second-order valence-corrected chi connectivity index (χ2v) is 4.62. The van der Waals surface area contributed by atoms with Gasteiger partial charge in [-0.2, -0.15) is 4.98 Å². The fourth-order valence-electron chi connectivity index (χ4n) is 2.01. The summed E-state index contributed by atoms with van der Waals surface area (Å²) in [5.74, 6) is 1.27. The highest BCUT2D eigenvalue weighted by molar-refractivity contribution is 5.64. The van der Waals surface area contributed by atoms with Crippen molar-refractivity contribution in [2.45, 2.75) is 6.92 Å². The number of ether oxygens (including phenoxy) is 1. The molecule has 0 aliphatic heterocycles. The van der Waals surface area contributed by atoms with Crippen LogP contribution in [0.15, 0.2) is 53.1 Å². The third kappa shape index (κ3) is 2.86. The van der Waals surface area contributed by atoms with Crippen molar-refractivity contribution in [3.63, 3.8) is 0 Å². The Hall–Kier alpha value is -2.82. The van der Waals surface area contributed by atoms with Gasteiger partial charge < -0.3 is 14.6 Å². The first-order valence-electron chi connectivity index (χ1n) is 6.57. The number of benzene rings is 2. The molecule has 3 aromatic rings. The second kappa shape index (κ2) is 5.66. The molecule has 0 saturated carbocycles. The van der Waals surface area contributed by atoms with Crippen molar-refractivity contribution in [2.75, 3.05) is 12.4 Å². The van der Waals surface area contributed by atoms with Crippen LogP contribution in [-0.2, 0) is 0 Å². The van der Waals surface area contributed by atoms with E-state index in [4.69, 9.17) is 9.26 Å². The van der Waals surface area contributed by atoms with Gasteiger partial charge in [0.05, 0.1) is 12.8 Å². The highest BCUT2D eigenvalue weighted by atomic mass is 16.5. The van der Waals surface area contributed by atoms with Crippen LogP contribution >= 0.6 is 0 Å². The lowest BCUT2D eigenvalue weighted by atomic mass is 10.2.